The summed E-state index contributed by atoms with van der Waals surface area (Å²) in [6.45, 7) is 6.24. The zero-order valence-corrected chi connectivity index (χ0v) is 13.0. The van der Waals surface area contributed by atoms with Crippen LogP contribution in [0.4, 0.5) is 0 Å². The van der Waals surface area contributed by atoms with Gasteiger partial charge in [0.2, 0.25) is 0 Å². The summed E-state index contributed by atoms with van der Waals surface area (Å²) < 4.78 is 1.10. The van der Waals surface area contributed by atoms with Crippen molar-refractivity contribution in [3.8, 4) is 0 Å². The second-order valence-electron chi connectivity index (χ2n) is 4.72. The molecule has 0 aliphatic heterocycles. The van der Waals surface area contributed by atoms with Crippen LogP contribution in [0.15, 0.2) is 36.4 Å². The zero-order chi connectivity index (χ0) is 13.3. The van der Waals surface area contributed by atoms with Crippen molar-refractivity contribution < 1.29 is 5.11 Å². The fourth-order valence-corrected chi connectivity index (χ4v) is 2.82. The molecule has 2 aromatic carbocycles. The summed E-state index contributed by atoms with van der Waals surface area (Å²) in [5.74, 6) is 0. The van der Waals surface area contributed by atoms with Crippen molar-refractivity contribution in [2.45, 2.75) is 26.9 Å². The summed E-state index contributed by atoms with van der Waals surface area (Å²) in [4.78, 5) is 0. The van der Waals surface area contributed by atoms with Gasteiger partial charge in [0, 0.05) is 3.57 Å². The average Bonchev–Trinajstić information content (AvgIpc) is 2.33. The molecule has 2 rings (SSSR count). The van der Waals surface area contributed by atoms with Crippen LogP contribution in [0.1, 0.15) is 33.9 Å². The Balaban J connectivity index is 2.50. The number of hydrogen-bond donors (Lipinski definition) is 1. The molecule has 0 aliphatic carbocycles. The van der Waals surface area contributed by atoms with Gasteiger partial charge >= 0.3 is 0 Å². The highest BCUT2D eigenvalue weighted by atomic mass is 127. The van der Waals surface area contributed by atoms with Crippen molar-refractivity contribution in [1.82, 2.24) is 0 Å². The predicted molar refractivity (Wildman–Crippen MR) is 83.9 cm³/mol. The molecule has 0 saturated heterocycles. The molecular weight excluding hydrogens is 335 g/mol. The van der Waals surface area contributed by atoms with E-state index in [9.17, 15) is 5.11 Å². The Bertz CT molecular complexity index is 575. The quantitative estimate of drug-likeness (QED) is 0.799. The van der Waals surface area contributed by atoms with E-state index >= 15 is 0 Å². The number of aliphatic hydroxyl groups excluding tert-OH is 1. The Hall–Kier alpha value is -0.870. The molecule has 1 N–H and O–H groups in total. The fourth-order valence-electron chi connectivity index (χ4n) is 2.14. The molecule has 2 aromatic rings. The van der Waals surface area contributed by atoms with E-state index in [-0.39, 0.29) is 0 Å². The monoisotopic (exact) mass is 352 g/mol. The first-order valence-corrected chi connectivity index (χ1v) is 7.09. The van der Waals surface area contributed by atoms with E-state index in [1.807, 2.05) is 24.3 Å². The van der Waals surface area contributed by atoms with Crippen molar-refractivity contribution in [1.29, 1.82) is 0 Å². The van der Waals surface area contributed by atoms with Gasteiger partial charge in [-0.25, -0.2) is 0 Å². The topological polar surface area (TPSA) is 20.2 Å². The maximum atomic E-state index is 10.6. The van der Waals surface area contributed by atoms with Crippen LogP contribution < -0.4 is 0 Å². The molecule has 0 amide bonds. The number of halogens is 1. The second kappa shape index (κ2) is 5.41. The Kier molecular flexibility index (Phi) is 4.07. The molecule has 0 aliphatic rings. The van der Waals surface area contributed by atoms with Crippen molar-refractivity contribution in [3.63, 3.8) is 0 Å². The molecule has 1 atom stereocenters. The first-order valence-electron chi connectivity index (χ1n) is 6.01. The third-order valence-corrected chi connectivity index (χ3v) is 4.36. The lowest BCUT2D eigenvalue weighted by Gasteiger charge is -2.17. The summed E-state index contributed by atoms with van der Waals surface area (Å²) in [5, 5.41) is 10.6. The summed E-state index contributed by atoms with van der Waals surface area (Å²) in [5.41, 5.74) is 5.61. The van der Waals surface area contributed by atoms with E-state index in [2.05, 4.69) is 55.5 Å². The van der Waals surface area contributed by atoms with Crippen LogP contribution in [0.2, 0.25) is 0 Å². The lowest BCUT2D eigenvalue weighted by atomic mass is 9.94. The van der Waals surface area contributed by atoms with Crippen LogP contribution in [0.5, 0.6) is 0 Å². The van der Waals surface area contributed by atoms with E-state index in [1.165, 1.54) is 11.1 Å². The number of aryl methyl sites for hydroxylation is 3. The van der Waals surface area contributed by atoms with Gasteiger partial charge in [-0.2, -0.15) is 0 Å². The number of rotatable bonds is 2. The highest BCUT2D eigenvalue weighted by molar-refractivity contribution is 14.1. The first-order chi connectivity index (χ1) is 8.50. The molecule has 0 aromatic heterocycles. The molecule has 2 heteroatoms. The number of aliphatic hydroxyl groups is 1. The highest BCUT2D eigenvalue weighted by Crippen LogP contribution is 2.29. The van der Waals surface area contributed by atoms with Crippen LogP contribution in [-0.2, 0) is 0 Å². The third kappa shape index (κ3) is 2.59. The first kappa shape index (κ1) is 13.6. The third-order valence-electron chi connectivity index (χ3n) is 3.38. The van der Waals surface area contributed by atoms with E-state index in [0.717, 1.165) is 20.3 Å². The minimum Gasteiger partial charge on any atom is -0.384 e. The molecule has 0 radical (unpaired) electrons. The van der Waals surface area contributed by atoms with Crippen molar-refractivity contribution >= 4 is 22.6 Å². The number of hydrogen-bond acceptors (Lipinski definition) is 1. The summed E-state index contributed by atoms with van der Waals surface area (Å²) in [6.07, 6.45) is -0.544. The van der Waals surface area contributed by atoms with Crippen molar-refractivity contribution in [2.75, 3.05) is 0 Å². The van der Waals surface area contributed by atoms with E-state index in [4.69, 9.17) is 0 Å². The van der Waals surface area contributed by atoms with E-state index in [1.54, 1.807) is 0 Å². The van der Waals surface area contributed by atoms with Crippen molar-refractivity contribution in [2.24, 2.45) is 0 Å². The number of benzene rings is 2. The molecule has 1 unspecified atom stereocenters. The Morgan fingerprint density at radius 1 is 0.889 bits per heavy atom. The standard InChI is InChI=1S/C16H17IO/c1-10-8-12(3)14(9-11(10)2)16(18)13-6-4-5-7-15(13)17/h4-9,16,18H,1-3H3. The average molecular weight is 352 g/mol. The maximum Gasteiger partial charge on any atom is 0.105 e. The van der Waals surface area contributed by atoms with Gasteiger partial charge in [-0.15, -0.1) is 0 Å². The molecule has 0 fully saturated rings. The normalized spacial score (nSPS) is 12.5. The Labute approximate surface area is 122 Å². The van der Waals surface area contributed by atoms with Crippen LogP contribution in [-0.4, -0.2) is 5.11 Å². The Morgan fingerprint density at radius 3 is 2.17 bits per heavy atom. The van der Waals surface area contributed by atoms with Gasteiger partial charge in [0.15, 0.2) is 0 Å². The second-order valence-corrected chi connectivity index (χ2v) is 5.88. The molecule has 0 spiro atoms. The fraction of sp³-hybridized carbons (Fsp3) is 0.250. The van der Waals surface area contributed by atoms with Crippen LogP contribution >= 0.6 is 22.6 Å². The van der Waals surface area contributed by atoms with Gasteiger partial charge in [0.1, 0.15) is 6.10 Å². The maximum absolute atomic E-state index is 10.6. The minimum atomic E-state index is -0.544. The lowest BCUT2D eigenvalue weighted by molar-refractivity contribution is 0.218. The Morgan fingerprint density at radius 2 is 1.50 bits per heavy atom. The molecular formula is C16H17IO. The largest absolute Gasteiger partial charge is 0.384 e. The summed E-state index contributed by atoms with van der Waals surface area (Å²) in [7, 11) is 0. The van der Waals surface area contributed by atoms with Gasteiger partial charge in [-0.05, 0) is 77.2 Å². The van der Waals surface area contributed by atoms with Gasteiger partial charge in [0.25, 0.3) is 0 Å². The molecule has 1 nitrogen and oxygen atoms in total. The lowest BCUT2D eigenvalue weighted by Crippen LogP contribution is -2.05. The van der Waals surface area contributed by atoms with Gasteiger partial charge in [-0.1, -0.05) is 30.3 Å². The van der Waals surface area contributed by atoms with Gasteiger partial charge < -0.3 is 5.11 Å². The molecule has 0 saturated carbocycles. The highest BCUT2D eigenvalue weighted by Gasteiger charge is 2.16. The smallest absolute Gasteiger partial charge is 0.105 e. The summed E-state index contributed by atoms with van der Waals surface area (Å²) >= 11 is 2.27. The zero-order valence-electron chi connectivity index (χ0n) is 10.9. The van der Waals surface area contributed by atoms with E-state index in [0.29, 0.717) is 0 Å². The molecule has 0 bridgehead atoms. The molecule has 0 heterocycles. The van der Waals surface area contributed by atoms with Crippen LogP contribution in [0.25, 0.3) is 0 Å². The van der Waals surface area contributed by atoms with Crippen LogP contribution in [0.3, 0.4) is 0 Å². The minimum absolute atomic E-state index is 0.544. The van der Waals surface area contributed by atoms with Crippen LogP contribution in [0, 0.1) is 24.3 Å². The van der Waals surface area contributed by atoms with Crippen molar-refractivity contribution in [3.05, 3.63) is 67.8 Å². The molecule has 18 heavy (non-hydrogen) atoms. The SMILES string of the molecule is Cc1cc(C)c(C(O)c2ccccc2I)cc1C. The van der Waals surface area contributed by atoms with Gasteiger partial charge in [-0.3, -0.25) is 0 Å². The summed E-state index contributed by atoms with van der Waals surface area (Å²) in [6, 6.07) is 12.2. The van der Waals surface area contributed by atoms with E-state index < -0.39 is 6.10 Å². The predicted octanol–water partition coefficient (Wildman–Crippen LogP) is 4.30. The van der Waals surface area contributed by atoms with Gasteiger partial charge in [0.05, 0.1) is 0 Å². The molecule has 94 valence electrons.